The van der Waals surface area contributed by atoms with Crippen molar-refractivity contribution in [1.82, 2.24) is 4.98 Å². The molecule has 0 aliphatic rings. The first-order valence-corrected chi connectivity index (χ1v) is 11.2. The van der Waals surface area contributed by atoms with Gasteiger partial charge in [0.05, 0.1) is 16.8 Å². The van der Waals surface area contributed by atoms with Gasteiger partial charge in [0.15, 0.2) is 6.10 Å². The number of aryl methyl sites for hydroxylation is 1. The van der Waals surface area contributed by atoms with Crippen molar-refractivity contribution in [2.24, 2.45) is 0 Å². The van der Waals surface area contributed by atoms with E-state index in [1.807, 2.05) is 62.4 Å². The fourth-order valence-electron chi connectivity index (χ4n) is 3.58. The molecule has 4 nitrogen and oxygen atoms in total. The largest absolute Gasteiger partial charge is 0.450 e. The molecule has 5 heteroatoms. The van der Waals surface area contributed by atoms with Gasteiger partial charge in [-0.2, -0.15) is 0 Å². The summed E-state index contributed by atoms with van der Waals surface area (Å²) >= 11 is 3.44. The molecule has 0 saturated carbocycles. The Hall–Kier alpha value is -3.31. The summed E-state index contributed by atoms with van der Waals surface area (Å²) in [4.78, 5) is 30.9. The number of ether oxygens (including phenoxy) is 1. The number of Topliss-reactive ketones (excluding diaryl/α,β-unsaturated/α-hetero) is 1. The first-order valence-electron chi connectivity index (χ1n) is 10.4. The van der Waals surface area contributed by atoms with Gasteiger partial charge < -0.3 is 4.74 Å². The zero-order valence-electron chi connectivity index (χ0n) is 17.8. The number of rotatable bonds is 6. The molecule has 4 aromatic rings. The average Bonchev–Trinajstić information content (AvgIpc) is 2.82. The third-order valence-electron chi connectivity index (χ3n) is 5.29. The Labute approximate surface area is 195 Å². The van der Waals surface area contributed by atoms with Crippen molar-refractivity contribution in [1.29, 1.82) is 0 Å². The number of esters is 1. The van der Waals surface area contributed by atoms with Gasteiger partial charge in [0.1, 0.15) is 0 Å². The standard InChI is InChI=1S/C27H22BrNO3/c1-3-25(26(30)19-7-5-4-6-8-19)32-27(31)22-16-24(18-10-12-20(28)13-11-18)29-23-14-9-17(2)15-21(22)23/h4-16,25H,3H2,1-2H3/t25-/m1/s1. The van der Waals surface area contributed by atoms with Crippen LogP contribution < -0.4 is 0 Å². The summed E-state index contributed by atoms with van der Waals surface area (Å²) in [6.07, 6.45) is -0.463. The van der Waals surface area contributed by atoms with E-state index in [1.165, 1.54) is 0 Å². The molecule has 0 unspecified atom stereocenters. The predicted octanol–water partition coefficient (Wildman–Crippen LogP) is 6.79. The topological polar surface area (TPSA) is 56.3 Å². The minimum atomic E-state index is -0.853. The maximum absolute atomic E-state index is 13.3. The van der Waals surface area contributed by atoms with Crippen LogP contribution in [-0.2, 0) is 4.74 Å². The van der Waals surface area contributed by atoms with Gasteiger partial charge in [-0.05, 0) is 43.7 Å². The number of hydrogen-bond acceptors (Lipinski definition) is 4. The Morgan fingerprint density at radius 1 is 0.969 bits per heavy atom. The summed E-state index contributed by atoms with van der Waals surface area (Å²) in [5.41, 5.74) is 4.19. The fraction of sp³-hybridized carbons (Fsp3) is 0.148. The minimum absolute atomic E-state index is 0.205. The predicted molar refractivity (Wildman–Crippen MR) is 130 cm³/mol. The fourth-order valence-corrected chi connectivity index (χ4v) is 3.84. The third-order valence-corrected chi connectivity index (χ3v) is 5.82. The highest BCUT2D eigenvalue weighted by atomic mass is 79.9. The summed E-state index contributed by atoms with van der Waals surface area (Å²) < 4.78 is 6.70. The number of nitrogens with zero attached hydrogens (tertiary/aromatic N) is 1. The monoisotopic (exact) mass is 487 g/mol. The molecule has 4 rings (SSSR count). The number of aromatic nitrogens is 1. The van der Waals surface area contributed by atoms with E-state index in [4.69, 9.17) is 9.72 Å². The molecule has 0 aliphatic heterocycles. The van der Waals surface area contributed by atoms with Crippen LogP contribution in [0.3, 0.4) is 0 Å². The summed E-state index contributed by atoms with van der Waals surface area (Å²) in [5, 5.41) is 0.706. The number of halogens is 1. The first kappa shape index (κ1) is 21.9. The van der Waals surface area contributed by atoms with E-state index < -0.39 is 12.1 Å². The maximum atomic E-state index is 13.3. The van der Waals surface area contributed by atoms with Crippen LogP contribution in [0.5, 0.6) is 0 Å². The van der Waals surface area contributed by atoms with Gasteiger partial charge in [0.25, 0.3) is 0 Å². The second-order valence-electron chi connectivity index (χ2n) is 7.62. The highest BCUT2D eigenvalue weighted by molar-refractivity contribution is 9.10. The molecule has 0 radical (unpaired) electrons. The molecule has 1 heterocycles. The zero-order chi connectivity index (χ0) is 22.7. The molecule has 0 fully saturated rings. The van der Waals surface area contributed by atoms with Crippen LogP contribution in [0.15, 0.2) is 83.3 Å². The third kappa shape index (κ3) is 4.63. The molecule has 0 spiro atoms. The summed E-state index contributed by atoms with van der Waals surface area (Å²) in [5.74, 6) is -0.735. The highest BCUT2D eigenvalue weighted by Gasteiger charge is 2.25. The van der Waals surface area contributed by atoms with Crippen molar-refractivity contribution in [3.05, 3.63) is 100 Å². The van der Waals surface area contributed by atoms with E-state index in [0.717, 1.165) is 15.6 Å². The molecule has 1 aromatic heterocycles. The molecule has 160 valence electrons. The second-order valence-corrected chi connectivity index (χ2v) is 8.53. The van der Waals surface area contributed by atoms with Crippen LogP contribution in [0.1, 0.15) is 39.6 Å². The van der Waals surface area contributed by atoms with E-state index in [2.05, 4.69) is 15.9 Å². The van der Waals surface area contributed by atoms with Gasteiger partial charge in [-0.15, -0.1) is 0 Å². The molecule has 32 heavy (non-hydrogen) atoms. The lowest BCUT2D eigenvalue weighted by atomic mass is 10.0. The Balaban J connectivity index is 1.74. The van der Waals surface area contributed by atoms with Crippen LogP contribution in [0, 0.1) is 6.92 Å². The van der Waals surface area contributed by atoms with Crippen molar-refractivity contribution in [2.75, 3.05) is 0 Å². The molecular formula is C27H22BrNO3. The van der Waals surface area contributed by atoms with Crippen molar-refractivity contribution < 1.29 is 14.3 Å². The lowest BCUT2D eigenvalue weighted by Crippen LogP contribution is -2.27. The number of fused-ring (bicyclic) bond motifs is 1. The Bertz CT molecular complexity index is 1280. The maximum Gasteiger partial charge on any atom is 0.339 e. The van der Waals surface area contributed by atoms with Crippen molar-refractivity contribution in [3.63, 3.8) is 0 Å². The zero-order valence-corrected chi connectivity index (χ0v) is 19.4. The van der Waals surface area contributed by atoms with Crippen LogP contribution in [0.4, 0.5) is 0 Å². The number of carbonyl (C=O) groups is 2. The smallest absolute Gasteiger partial charge is 0.339 e. The summed E-state index contributed by atoms with van der Waals surface area (Å²) in [6.45, 7) is 3.80. The van der Waals surface area contributed by atoms with E-state index in [-0.39, 0.29) is 5.78 Å². The highest BCUT2D eigenvalue weighted by Crippen LogP contribution is 2.28. The number of ketones is 1. The van der Waals surface area contributed by atoms with Crippen LogP contribution >= 0.6 is 15.9 Å². The van der Waals surface area contributed by atoms with Crippen molar-refractivity contribution >= 4 is 38.6 Å². The molecule has 3 aromatic carbocycles. The van der Waals surface area contributed by atoms with Crippen LogP contribution in [-0.4, -0.2) is 22.8 Å². The molecule has 0 N–H and O–H groups in total. The van der Waals surface area contributed by atoms with E-state index in [0.29, 0.717) is 34.1 Å². The van der Waals surface area contributed by atoms with Gasteiger partial charge in [-0.1, -0.05) is 76.9 Å². The van der Waals surface area contributed by atoms with Gasteiger partial charge in [0.2, 0.25) is 5.78 Å². The van der Waals surface area contributed by atoms with E-state index in [9.17, 15) is 9.59 Å². The number of benzene rings is 3. The minimum Gasteiger partial charge on any atom is -0.450 e. The number of carbonyl (C=O) groups excluding carboxylic acids is 2. The average molecular weight is 488 g/mol. The summed E-state index contributed by atoms with van der Waals surface area (Å²) in [7, 11) is 0. The molecule has 0 aliphatic carbocycles. The molecule has 0 amide bonds. The number of pyridine rings is 1. The van der Waals surface area contributed by atoms with E-state index in [1.54, 1.807) is 30.3 Å². The van der Waals surface area contributed by atoms with Crippen molar-refractivity contribution in [2.45, 2.75) is 26.4 Å². The van der Waals surface area contributed by atoms with Crippen LogP contribution in [0.2, 0.25) is 0 Å². The van der Waals surface area contributed by atoms with Crippen molar-refractivity contribution in [3.8, 4) is 11.3 Å². The van der Waals surface area contributed by atoms with Gasteiger partial charge in [-0.25, -0.2) is 9.78 Å². The Kier molecular flexibility index (Phi) is 6.47. The Morgan fingerprint density at radius 3 is 2.38 bits per heavy atom. The molecule has 1 atom stereocenters. The normalized spacial score (nSPS) is 11.8. The lowest BCUT2D eigenvalue weighted by molar-refractivity contribution is 0.0279. The molecule has 0 saturated heterocycles. The van der Waals surface area contributed by atoms with Gasteiger partial charge >= 0.3 is 5.97 Å². The van der Waals surface area contributed by atoms with E-state index >= 15 is 0 Å². The van der Waals surface area contributed by atoms with Gasteiger partial charge in [0, 0.05) is 21.0 Å². The molecular weight excluding hydrogens is 466 g/mol. The lowest BCUT2D eigenvalue weighted by Gasteiger charge is -2.17. The quantitative estimate of drug-likeness (QED) is 0.222. The Morgan fingerprint density at radius 2 is 1.69 bits per heavy atom. The second kappa shape index (κ2) is 9.45. The molecule has 0 bridgehead atoms. The number of hydrogen-bond donors (Lipinski definition) is 0. The van der Waals surface area contributed by atoms with Crippen LogP contribution in [0.25, 0.3) is 22.2 Å². The summed E-state index contributed by atoms with van der Waals surface area (Å²) in [6, 6.07) is 24.2. The first-order chi connectivity index (χ1) is 15.5. The van der Waals surface area contributed by atoms with Gasteiger partial charge in [-0.3, -0.25) is 4.79 Å². The SMILES string of the molecule is CC[C@@H](OC(=O)c1cc(-c2ccc(Br)cc2)nc2ccc(C)cc12)C(=O)c1ccccc1.